The van der Waals surface area contributed by atoms with Gasteiger partial charge in [0, 0.05) is 29.5 Å². The van der Waals surface area contributed by atoms with E-state index in [9.17, 15) is 18.0 Å². The van der Waals surface area contributed by atoms with Crippen molar-refractivity contribution in [2.45, 2.75) is 6.18 Å². The van der Waals surface area contributed by atoms with Crippen LogP contribution in [-0.4, -0.2) is 33.6 Å². The van der Waals surface area contributed by atoms with Crippen LogP contribution < -0.4 is 10.1 Å². The van der Waals surface area contributed by atoms with Crippen molar-refractivity contribution in [3.05, 3.63) is 53.8 Å². The zero-order chi connectivity index (χ0) is 18.6. The van der Waals surface area contributed by atoms with E-state index in [0.29, 0.717) is 10.8 Å². The molecule has 0 aliphatic carbocycles. The number of carbonyl (C=O) groups is 1. The lowest BCUT2D eigenvalue weighted by molar-refractivity contribution is -0.154. The Morgan fingerprint density at radius 2 is 2.04 bits per heavy atom. The minimum absolute atomic E-state index is 0.116. The summed E-state index contributed by atoms with van der Waals surface area (Å²) < 4.78 is 41.6. The molecule has 3 rings (SSSR count). The SMILES string of the molecule is O=C(Nc1nc(-c2cccnc2)cs1)c1cccnc1OCC(F)(F)F. The first kappa shape index (κ1) is 17.8. The molecule has 0 radical (unpaired) electrons. The van der Waals surface area contributed by atoms with Crippen molar-refractivity contribution in [3.63, 3.8) is 0 Å². The van der Waals surface area contributed by atoms with Crippen LogP contribution in [0.2, 0.25) is 0 Å². The third-order valence-electron chi connectivity index (χ3n) is 3.07. The van der Waals surface area contributed by atoms with Crippen molar-refractivity contribution in [2.75, 3.05) is 11.9 Å². The van der Waals surface area contributed by atoms with Gasteiger partial charge in [-0.15, -0.1) is 11.3 Å². The second-order valence-corrected chi connectivity index (χ2v) is 5.85. The molecule has 0 saturated carbocycles. The molecule has 6 nitrogen and oxygen atoms in total. The number of pyridine rings is 2. The van der Waals surface area contributed by atoms with Crippen molar-refractivity contribution in [1.82, 2.24) is 15.0 Å². The van der Waals surface area contributed by atoms with Crippen molar-refractivity contribution in [3.8, 4) is 17.1 Å². The molecule has 0 unspecified atom stereocenters. The Morgan fingerprint density at radius 1 is 1.23 bits per heavy atom. The summed E-state index contributed by atoms with van der Waals surface area (Å²) in [5, 5.41) is 4.56. The fourth-order valence-electron chi connectivity index (χ4n) is 1.97. The topological polar surface area (TPSA) is 77.0 Å². The zero-order valence-corrected chi connectivity index (χ0v) is 13.8. The molecule has 3 aromatic rings. The highest BCUT2D eigenvalue weighted by atomic mass is 32.1. The standard InChI is InChI=1S/C16H11F3N4O2S/c17-16(18,19)9-25-14-11(4-2-6-21-14)13(24)23-15-22-12(8-26-15)10-3-1-5-20-7-10/h1-8H,9H2,(H,22,23,24). The maximum Gasteiger partial charge on any atom is 0.422 e. The number of amides is 1. The number of ether oxygens (including phenoxy) is 1. The maximum atomic E-state index is 12.3. The number of anilines is 1. The van der Waals surface area contributed by atoms with E-state index < -0.39 is 24.6 Å². The summed E-state index contributed by atoms with van der Waals surface area (Å²) in [7, 11) is 0. The van der Waals surface area contributed by atoms with Gasteiger partial charge in [0.15, 0.2) is 11.7 Å². The van der Waals surface area contributed by atoms with E-state index in [4.69, 9.17) is 0 Å². The molecular weight excluding hydrogens is 369 g/mol. The lowest BCUT2D eigenvalue weighted by atomic mass is 10.2. The number of alkyl halides is 3. The average Bonchev–Trinajstić information content (AvgIpc) is 3.09. The molecule has 0 bridgehead atoms. The molecular formula is C16H11F3N4O2S. The molecule has 1 N–H and O–H groups in total. The summed E-state index contributed by atoms with van der Waals surface area (Å²) in [5.41, 5.74) is 1.29. The molecule has 26 heavy (non-hydrogen) atoms. The van der Waals surface area contributed by atoms with Gasteiger partial charge in [-0.3, -0.25) is 15.1 Å². The number of thiazole rings is 1. The highest BCUT2D eigenvalue weighted by Crippen LogP contribution is 2.26. The monoisotopic (exact) mass is 380 g/mol. The number of nitrogens with zero attached hydrogens (tertiary/aromatic N) is 3. The Bertz CT molecular complexity index is 900. The van der Waals surface area contributed by atoms with E-state index in [0.717, 1.165) is 5.56 Å². The lowest BCUT2D eigenvalue weighted by Crippen LogP contribution is -2.21. The Kier molecular flexibility index (Phi) is 5.12. The number of aromatic nitrogens is 3. The van der Waals surface area contributed by atoms with Gasteiger partial charge in [-0.2, -0.15) is 13.2 Å². The summed E-state index contributed by atoms with van der Waals surface area (Å²) in [5.74, 6) is -1.06. The highest BCUT2D eigenvalue weighted by molar-refractivity contribution is 7.14. The van der Waals surface area contributed by atoms with Gasteiger partial charge in [0.05, 0.1) is 5.69 Å². The van der Waals surface area contributed by atoms with Crippen LogP contribution in [0.3, 0.4) is 0 Å². The number of hydrogen-bond donors (Lipinski definition) is 1. The van der Waals surface area contributed by atoms with Crippen molar-refractivity contribution < 1.29 is 22.7 Å². The number of carbonyl (C=O) groups excluding carboxylic acids is 1. The first-order chi connectivity index (χ1) is 12.4. The number of nitrogens with one attached hydrogen (secondary N) is 1. The fourth-order valence-corrected chi connectivity index (χ4v) is 2.69. The first-order valence-corrected chi connectivity index (χ1v) is 8.12. The quantitative estimate of drug-likeness (QED) is 0.729. The Morgan fingerprint density at radius 3 is 2.77 bits per heavy atom. The van der Waals surface area contributed by atoms with Crippen LogP contribution in [0.5, 0.6) is 5.88 Å². The predicted octanol–water partition coefficient (Wildman–Crippen LogP) is 3.79. The Balaban J connectivity index is 1.74. The van der Waals surface area contributed by atoms with E-state index in [1.54, 1.807) is 23.8 Å². The second kappa shape index (κ2) is 7.48. The fraction of sp³-hybridized carbons (Fsp3) is 0.125. The minimum atomic E-state index is -4.53. The van der Waals surface area contributed by atoms with Crippen LogP contribution >= 0.6 is 11.3 Å². The summed E-state index contributed by atoms with van der Waals surface area (Å²) in [6.45, 7) is -1.54. The second-order valence-electron chi connectivity index (χ2n) is 4.99. The Labute approximate surface area is 149 Å². The summed E-state index contributed by atoms with van der Waals surface area (Å²) in [6, 6.07) is 6.33. The molecule has 10 heteroatoms. The van der Waals surface area contributed by atoms with Gasteiger partial charge in [-0.05, 0) is 24.3 Å². The smallest absolute Gasteiger partial charge is 0.422 e. The van der Waals surface area contributed by atoms with E-state index in [2.05, 4.69) is 25.0 Å². The predicted molar refractivity (Wildman–Crippen MR) is 89.1 cm³/mol. The lowest BCUT2D eigenvalue weighted by Gasteiger charge is -2.11. The van der Waals surface area contributed by atoms with Gasteiger partial charge in [0.2, 0.25) is 5.88 Å². The molecule has 0 spiro atoms. The molecule has 0 aliphatic heterocycles. The molecule has 3 aromatic heterocycles. The summed E-state index contributed by atoms with van der Waals surface area (Å²) in [4.78, 5) is 24.3. The third-order valence-corrected chi connectivity index (χ3v) is 3.83. The van der Waals surface area contributed by atoms with Crippen LogP contribution in [0.4, 0.5) is 18.3 Å². The number of halogens is 3. The third kappa shape index (κ3) is 4.54. The zero-order valence-electron chi connectivity index (χ0n) is 13.0. The maximum absolute atomic E-state index is 12.3. The molecule has 3 heterocycles. The first-order valence-electron chi connectivity index (χ1n) is 7.24. The minimum Gasteiger partial charge on any atom is -0.467 e. The normalized spacial score (nSPS) is 11.2. The van der Waals surface area contributed by atoms with Gasteiger partial charge in [0.25, 0.3) is 5.91 Å². The van der Waals surface area contributed by atoms with E-state index in [1.165, 1.54) is 29.7 Å². The molecule has 1 amide bonds. The molecule has 0 aliphatic rings. The van der Waals surface area contributed by atoms with Gasteiger partial charge in [-0.1, -0.05) is 0 Å². The molecule has 0 atom stereocenters. The van der Waals surface area contributed by atoms with Crippen molar-refractivity contribution in [2.24, 2.45) is 0 Å². The highest BCUT2D eigenvalue weighted by Gasteiger charge is 2.29. The molecule has 0 fully saturated rings. The van der Waals surface area contributed by atoms with Crippen molar-refractivity contribution in [1.29, 1.82) is 0 Å². The van der Waals surface area contributed by atoms with Crippen LogP contribution in [0.25, 0.3) is 11.3 Å². The average molecular weight is 380 g/mol. The van der Waals surface area contributed by atoms with E-state index in [-0.39, 0.29) is 5.56 Å². The van der Waals surface area contributed by atoms with Gasteiger partial charge < -0.3 is 4.74 Å². The van der Waals surface area contributed by atoms with E-state index in [1.807, 2.05) is 6.07 Å². The molecule has 0 aromatic carbocycles. The summed E-state index contributed by atoms with van der Waals surface area (Å²) >= 11 is 1.18. The van der Waals surface area contributed by atoms with Crippen LogP contribution in [-0.2, 0) is 0 Å². The van der Waals surface area contributed by atoms with Crippen LogP contribution in [0, 0.1) is 0 Å². The van der Waals surface area contributed by atoms with E-state index >= 15 is 0 Å². The van der Waals surface area contributed by atoms with Gasteiger partial charge >= 0.3 is 6.18 Å². The van der Waals surface area contributed by atoms with Crippen molar-refractivity contribution >= 4 is 22.4 Å². The number of hydrogen-bond acceptors (Lipinski definition) is 6. The number of rotatable bonds is 5. The van der Waals surface area contributed by atoms with Gasteiger partial charge in [0.1, 0.15) is 5.56 Å². The van der Waals surface area contributed by atoms with Gasteiger partial charge in [-0.25, -0.2) is 9.97 Å². The largest absolute Gasteiger partial charge is 0.467 e. The molecule has 0 saturated heterocycles. The Hall–Kier alpha value is -3.01. The molecule has 134 valence electrons. The van der Waals surface area contributed by atoms with Crippen LogP contribution in [0.1, 0.15) is 10.4 Å². The van der Waals surface area contributed by atoms with Crippen LogP contribution in [0.15, 0.2) is 48.2 Å². The summed E-state index contributed by atoms with van der Waals surface area (Å²) in [6.07, 6.45) is -0.0279.